The van der Waals surface area contributed by atoms with Gasteiger partial charge < -0.3 is 4.90 Å². The molecule has 114 valence electrons. The van der Waals surface area contributed by atoms with Crippen LogP contribution >= 0.6 is 0 Å². The number of carbonyl (C=O) groups excluding carboxylic acids is 1. The van der Waals surface area contributed by atoms with E-state index in [1.54, 1.807) is 0 Å². The minimum atomic E-state index is -0.0120. The van der Waals surface area contributed by atoms with Crippen LogP contribution in [0.2, 0.25) is 0 Å². The van der Waals surface area contributed by atoms with Crippen LogP contribution in [0.3, 0.4) is 0 Å². The average Bonchev–Trinajstić information content (AvgIpc) is 2.96. The second-order valence-electron chi connectivity index (χ2n) is 5.72. The molecule has 2 aromatic rings. The molecule has 2 heterocycles. The second-order valence-corrected chi connectivity index (χ2v) is 5.72. The van der Waals surface area contributed by atoms with Crippen LogP contribution in [0.1, 0.15) is 12.0 Å². The van der Waals surface area contributed by atoms with E-state index in [2.05, 4.69) is 9.88 Å². The number of rotatable bonds is 5. The molecule has 1 amide bonds. The normalized spacial score (nSPS) is 18.2. The van der Waals surface area contributed by atoms with E-state index < -0.39 is 0 Å². The minimum absolute atomic E-state index is 0.0120. The Morgan fingerprint density at radius 2 is 1.91 bits per heavy atom. The first-order valence-electron chi connectivity index (χ1n) is 7.71. The van der Waals surface area contributed by atoms with Crippen LogP contribution < -0.4 is 4.90 Å². The van der Waals surface area contributed by atoms with Crippen LogP contribution in [0.15, 0.2) is 54.9 Å². The highest BCUT2D eigenvalue weighted by molar-refractivity contribution is 5.99. The largest absolute Gasteiger partial charge is 0.311 e. The Kier molecular flexibility index (Phi) is 4.49. The number of aromatic nitrogens is 1. The summed E-state index contributed by atoms with van der Waals surface area (Å²) in [5.74, 6) is 0.212. The molecule has 0 N–H and O–H groups in total. The molecule has 1 fully saturated rings. The van der Waals surface area contributed by atoms with E-state index in [1.165, 1.54) is 5.56 Å². The van der Waals surface area contributed by atoms with Gasteiger partial charge in [0.15, 0.2) is 0 Å². The number of likely N-dealkylation sites (N-methyl/N-ethyl adjacent to an activating group) is 1. The first kappa shape index (κ1) is 14.7. The topological polar surface area (TPSA) is 36.4 Å². The first-order valence-corrected chi connectivity index (χ1v) is 7.71. The number of benzene rings is 1. The molecule has 22 heavy (non-hydrogen) atoms. The lowest BCUT2D eigenvalue weighted by atomic mass is 10.1. The van der Waals surface area contributed by atoms with E-state index in [0.717, 1.165) is 31.6 Å². The lowest BCUT2D eigenvalue weighted by molar-refractivity contribution is -0.121. The minimum Gasteiger partial charge on any atom is -0.311 e. The molecule has 4 heteroatoms. The second kappa shape index (κ2) is 6.71. The van der Waals surface area contributed by atoms with Gasteiger partial charge in [-0.1, -0.05) is 18.2 Å². The fourth-order valence-corrected chi connectivity index (χ4v) is 2.95. The van der Waals surface area contributed by atoms with Crippen molar-refractivity contribution in [2.45, 2.75) is 18.9 Å². The molecule has 4 nitrogen and oxygen atoms in total. The Morgan fingerprint density at radius 1 is 1.18 bits per heavy atom. The van der Waals surface area contributed by atoms with Crippen molar-refractivity contribution in [2.24, 2.45) is 0 Å². The lowest BCUT2D eigenvalue weighted by Gasteiger charge is -2.23. The van der Waals surface area contributed by atoms with Gasteiger partial charge in [0.2, 0.25) is 5.91 Å². The summed E-state index contributed by atoms with van der Waals surface area (Å²) in [4.78, 5) is 20.7. The zero-order valence-electron chi connectivity index (χ0n) is 12.9. The molecular weight excluding hydrogens is 274 g/mol. The number of nitrogens with zero attached hydrogens (tertiary/aromatic N) is 3. The Morgan fingerprint density at radius 3 is 2.64 bits per heavy atom. The molecule has 0 bridgehead atoms. The molecular formula is C18H21N3O. The molecule has 0 unspecified atom stereocenters. The quantitative estimate of drug-likeness (QED) is 0.849. The average molecular weight is 295 g/mol. The van der Waals surface area contributed by atoms with E-state index in [0.29, 0.717) is 0 Å². The summed E-state index contributed by atoms with van der Waals surface area (Å²) in [6.07, 6.45) is 5.45. The highest BCUT2D eigenvalue weighted by Crippen LogP contribution is 2.23. The molecule has 1 aliphatic rings. The molecule has 0 saturated carbocycles. The summed E-state index contributed by atoms with van der Waals surface area (Å²) in [7, 11) is 2.04. The predicted molar refractivity (Wildman–Crippen MR) is 87.8 cm³/mol. The van der Waals surface area contributed by atoms with Crippen molar-refractivity contribution < 1.29 is 4.79 Å². The number of para-hydroxylation sites is 1. The fourth-order valence-electron chi connectivity index (χ4n) is 2.95. The summed E-state index contributed by atoms with van der Waals surface area (Å²) in [6.45, 7) is 1.68. The number of pyridine rings is 1. The third-order valence-electron chi connectivity index (χ3n) is 4.28. The van der Waals surface area contributed by atoms with Gasteiger partial charge in [-0.3, -0.25) is 14.7 Å². The van der Waals surface area contributed by atoms with Gasteiger partial charge in [-0.25, -0.2) is 0 Å². The Hall–Kier alpha value is -2.20. The maximum Gasteiger partial charge on any atom is 0.244 e. The van der Waals surface area contributed by atoms with Crippen molar-refractivity contribution in [1.82, 2.24) is 9.88 Å². The van der Waals surface area contributed by atoms with Crippen molar-refractivity contribution in [3.8, 4) is 0 Å². The molecule has 0 radical (unpaired) electrons. The van der Waals surface area contributed by atoms with Crippen LogP contribution in [0.25, 0.3) is 0 Å². The van der Waals surface area contributed by atoms with Crippen molar-refractivity contribution in [3.05, 3.63) is 60.4 Å². The van der Waals surface area contributed by atoms with Gasteiger partial charge in [0, 0.05) is 31.2 Å². The van der Waals surface area contributed by atoms with Crippen LogP contribution in [0.5, 0.6) is 0 Å². The van der Waals surface area contributed by atoms with Gasteiger partial charge in [0.05, 0.1) is 6.04 Å². The third kappa shape index (κ3) is 3.17. The zero-order valence-corrected chi connectivity index (χ0v) is 12.9. The zero-order chi connectivity index (χ0) is 15.4. The van der Waals surface area contributed by atoms with E-state index >= 15 is 0 Å². The molecule has 1 aliphatic heterocycles. The van der Waals surface area contributed by atoms with E-state index in [9.17, 15) is 4.79 Å². The van der Waals surface area contributed by atoms with Crippen molar-refractivity contribution in [1.29, 1.82) is 0 Å². The van der Waals surface area contributed by atoms with Gasteiger partial charge in [0.25, 0.3) is 0 Å². The summed E-state index contributed by atoms with van der Waals surface area (Å²) < 4.78 is 0. The standard InChI is InChI=1S/C18H21N3O/c1-20(13-9-15-7-11-19-12-8-15)17-10-14-21(18(17)22)16-5-3-2-4-6-16/h2-8,11-12,17H,9-10,13-14H2,1H3/t17-/m0/s1. The maximum absolute atomic E-state index is 12.6. The Balaban J connectivity index is 1.60. The number of hydrogen-bond donors (Lipinski definition) is 0. The smallest absolute Gasteiger partial charge is 0.244 e. The SMILES string of the molecule is CN(CCc1ccncc1)[C@H]1CCN(c2ccccc2)C1=O. The molecule has 1 saturated heterocycles. The van der Waals surface area contributed by atoms with Crippen molar-refractivity contribution in [3.63, 3.8) is 0 Å². The predicted octanol–water partition coefficient (Wildman–Crippen LogP) is 2.36. The summed E-state index contributed by atoms with van der Waals surface area (Å²) >= 11 is 0. The van der Waals surface area contributed by atoms with Crippen LogP contribution in [0, 0.1) is 0 Å². The van der Waals surface area contributed by atoms with Gasteiger partial charge in [-0.05, 0) is 49.7 Å². The fraction of sp³-hybridized carbons (Fsp3) is 0.333. The molecule has 1 aromatic heterocycles. The molecule has 0 aliphatic carbocycles. The number of anilines is 1. The number of hydrogen-bond acceptors (Lipinski definition) is 3. The number of carbonyl (C=O) groups is 1. The maximum atomic E-state index is 12.6. The van der Waals surface area contributed by atoms with Gasteiger partial charge in [-0.15, -0.1) is 0 Å². The van der Waals surface area contributed by atoms with E-state index in [-0.39, 0.29) is 11.9 Å². The third-order valence-corrected chi connectivity index (χ3v) is 4.28. The molecule has 1 aromatic carbocycles. The van der Waals surface area contributed by atoms with E-state index in [1.807, 2.05) is 66.8 Å². The lowest BCUT2D eigenvalue weighted by Crippen LogP contribution is -2.40. The van der Waals surface area contributed by atoms with Gasteiger partial charge >= 0.3 is 0 Å². The molecule has 1 atom stereocenters. The Bertz CT molecular complexity index is 615. The van der Waals surface area contributed by atoms with Crippen LogP contribution in [-0.4, -0.2) is 42.0 Å². The van der Waals surface area contributed by atoms with E-state index in [4.69, 9.17) is 0 Å². The summed E-state index contributed by atoms with van der Waals surface area (Å²) in [5, 5.41) is 0. The highest BCUT2D eigenvalue weighted by atomic mass is 16.2. The number of amides is 1. The van der Waals surface area contributed by atoms with Crippen molar-refractivity contribution >= 4 is 11.6 Å². The molecule has 3 rings (SSSR count). The highest BCUT2D eigenvalue weighted by Gasteiger charge is 2.34. The Labute approximate surface area is 131 Å². The summed E-state index contributed by atoms with van der Waals surface area (Å²) in [6, 6.07) is 14.0. The summed E-state index contributed by atoms with van der Waals surface area (Å²) in [5.41, 5.74) is 2.25. The van der Waals surface area contributed by atoms with Gasteiger partial charge in [0.1, 0.15) is 0 Å². The molecule has 0 spiro atoms. The first-order chi connectivity index (χ1) is 10.8. The monoisotopic (exact) mass is 295 g/mol. The van der Waals surface area contributed by atoms with Crippen LogP contribution in [0.4, 0.5) is 5.69 Å². The van der Waals surface area contributed by atoms with Crippen LogP contribution in [-0.2, 0) is 11.2 Å². The van der Waals surface area contributed by atoms with Gasteiger partial charge in [-0.2, -0.15) is 0 Å². The van der Waals surface area contributed by atoms with Crippen molar-refractivity contribution in [2.75, 3.05) is 25.0 Å².